The molecule has 0 saturated heterocycles. The Morgan fingerprint density at radius 1 is 0.385 bits per heavy atom. The molecule has 0 amide bonds. The molecule has 0 radical (unpaired) electrons. The predicted molar refractivity (Wildman–Crippen MR) is 222 cm³/mol. The van der Waals surface area contributed by atoms with E-state index in [9.17, 15) is 5.48 Å². The molecule has 0 saturated carbocycles. The fourth-order valence-electron chi connectivity index (χ4n) is 8.26. The molecular formula is C51H37N. The van der Waals surface area contributed by atoms with Crippen molar-refractivity contribution in [2.75, 3.05) is 4.90 Å². The van der Waals surface area contributed by atoms with Gasteiger partial charge in [-0.05, 0) is 119 Å². The van der Waals surface area contributed by atoms with Gasteiger partial charge in [0.05, 0.1) is 5.48 Å². The minimum atomic E-state index is -0.279. The van der Waals surface area contributed by atoms with Crippen LogP contribution in [0.4, 0.5) is 17.1 Å². The van der Waals surface area contributed by atoms with Gasteiger partial charge >= 0.3 is 0 Å². The average molecular weight is 668 g/mol. The Balaban J connectivity index is 1.18. The zero-order chi connectivity index (χ0) is 38.3. The number of rotatable bonds is 5. The number of benzene rings is 9. The van der Waals surface area contributed by atoms with Gasteiger partial charge in [-0.15, -0.1) is 0 Å². The van der Waals surface area contributed by atoms with Gasteiger partial charge in [0.2, 0.25) is 0 Å². The molecule has 0 N–H and O–H groups in total. The zero-order valence-corrected chi connectivity index (χ0v) is 29.0. The molecule has 10 rings (SSSR count). The molecule has 1 nitrogen and oxygen atoms in total. The van der Waals surface area contributed by atoms with Crippen LogP contribution in [0.3, 0.4) is 0 Å². The van der Waals surface area contributed by atoms with E-state index in [-0.39, 0.29) is 40.8 Å². The van der Waals surface area contributed by atoms with Crippen molar-refractivity contribution in [3.8, 4) is 33.4 Å². The second-order valence-corrected chi connectivity index (χ2v) is 14.3. The van der Waals surface area contributed by atoms with Crippen LogP contribution in [0.25, 0.3) is 65.7 Å². The van der Waals surface area contributed by atoms with Crippen molar-refractivity contribution in [1.82, 2.24) is 0 Å². The van der Waals surface area contributed by atoms with E-state index in [0.29, 0.717) is 5.56 Å². The van der Waals surface area contributed by atoms with Crippen LogP contribution in [-0.4, -0.2) is 0 Å². The summed E-state index contributed by atoms with van der Waals surface area (Å²) in [6, 6.07) is 55.7. The van der Waals surface area contributed by atoms with E-state index in [0.717, 1.165) is 65.9 Å². The van der Waals surface area contributed by atoms with E-state index in [1.54, 1.807) is 0 Å². The molecule has 9 aromatic rings. The predicted octanol–water partition coefficient (Wildman–Crippen LogP) is 14.3. The second kappa shape index (κ2) is 11.8. The normalized spacial score (nSPS) is 14.0. The minimum Gasteiger partial charge on any atom is -0.310 e. The molecule has 9 aromatic carbocycles. The Kier molecular flexibility index (Phi) is 6.00. The molecule has 0 aromatic heterocycles. The number of anilines is 3. The first-order chi connectivity index (χ1) is 27.2. The van der Waals surface area contributed by atoms with Gasteiger partial charge in [0.25, 0.3) is 0 Å². The standard InChI is InChI=1S/C51H37N/c1-51(2)49-20-8-7-18-47(49)48-30-28-42(33-50(48)51)52(41-15-9-14-38(32-41)45-19-10-13-35-11-3-5-16-43(35)45)40-26-23-34(24-27-40)37-25-29-46-39(31-37)22-21-36-12-4-6-17-44(36)46/h3-33H,1-2H3/i23D,24D,26D,27D. The van der Waals surface area contributed by atoms with Crippen LogP contribution in [0.5, 0.6) is 0 Å². The quantitative estimate of drug-likeness (QED) is 0.165. The third kappa shape index (κ3) is 4.85. The van der Waals surface area contributed by atoms with Gasteiger partial charge in [0.1, 0.15) is 0 Å². The molecule has 0 heterocycles. The highest BCUT2D eigenvalue weighted by Crippen LogP contribution is 2.51. The summed E-state index contributed by atoms with van der Waals surface area (Å²) in [5, 5.41) is 6.61. The maximum absolute atomic E-state index is 9.65. The highest BCUT2D eigenvalue weighted by atomic mass is 15.1. The van der Waals surface area contributed by atoms with Gasteiger partial charge in [0, 0.05) is 22.5 Å². The molecule has 1 heteroatoms. The lowest BCUT2D eigenvalue weighted by Crippen LogP contribution is -2.16. The van der Waals surface area contributed by atoms with Crippen LogP contribution in [0, 0.1) is 0 Å². The Morgan fingerprint density at radius 3 is 1.88 bits per heavy atom. The van der Waals surface area contributed by atoms with E-state index in [1.807, 2.05) is 53.4 Å². The van der Waals surface area contributed by atoms with Gasteiger partial charge in [0.15, 0.2) is 0 Å². The molecule has 0 atom stereocenters. The van der Waals surface area contributed by atoms with Crippen LogP contribution in [0.2, 0.25) is 0 Å². The number of hydrogen-bond acceptors (Lipinski definition) is 1. The summed E-state index contributed by atoms with van der Waals surface area (Å²) in [6.07, 6.45) is 0. The first-order valence-corrected chi connectivity index (χ1v) is 17.9. The van der Waals surface area contributed by atoms with E-state index in [4.69, 9.17) is 0 Å². The average Bonchev–Trinajstić information content (AvgIpc) is 3.46. The summed E-state index contributed by atoms with van der Waals surface area (Å²) in [5.41, 5.74) is 9.24. The van der Waals surface area contributed by atoms with Crippen molar-refractivity contribution in [1.29, 1.82) is 0 Å². The van der Waals surface area contributed by atoms with Gasteiger partial charge in [-0.3, -0.25) is 0 Å². The Bertz CT molecular complexity index is 3040. The van der Waals surface area contributed by atoms with Gasteiger partial charge in [-0.2, -0.15) is 0 Å². The molecule has 0 aliphatic heterocycles. The molecule has 0 unspecified atom stereocenters. The van der Waals surface area contributed by atoms with E-state index in [1.165, 1.54) is 11.1 Å². The largest absolute Gasteiger partial charge is 0.310 e. The second-order valence-electron chi connectivity index (χ2n) is 14.3. The lowest BCUT2D eigenvalue weighted by atomic mass is 9.82. The minimum absolute atomic E-state index is 0.0785. The van der Waals surface area contributed by atoms with Crippen molar-refractivity contribution in [2.24, 2.45) is 0 Å². The van der Waals surface area contributed by atoms with Gasteiger partial charge in [-0.25, -0.2) is 0 Å². The van der Waals surface area contributed by atoms with Crippen LogP contribution in [-0.2, 0) is 5.41 Å². The Morgan fingerprint density at radius 2 is 1.02 bits per heavy atom. The monoisotopic (exact) mass is 667 g/mol. The molecule has 0 fully saturated rings. The number of fused-ring (bicyclic) bond motifs is 7. The highest BCUT2D eigenvalue weighted by molar-refractivity contribution is 6.08. The van der Waals surface area contributed by atoms with Crippen LogP contribution >= 0.6 is 0 Å². The van der Waals surface area contributed by atoms with Crippen molar-refractivity contribution in [3.05, 3.63) is 199 Å². The summed E-state index contributed by atoms with van der Waals surface area (Å²) in [4.78, 5) is 1.92. The highest BCUT2D eigenvalue weighted by Gasteiger charge is 2.35. The SMILES string of the molecule is [2H]c1c([2H])c(N(c2cccc(-c3cccc4ccccc34)c2)c2ccc3c(c2)C(C)(C)c2ccccc2-3)c([2H])c([2H])c1-c1ccc2c(ccc3ccccc32)c1. The first kappa shape index (κ1) is 26.4. The van der Waals surface area contributed by atoms with Crippen molar-refractivity contribution in [3.63, 3.8) is 0 Å². The van der Waals surface area contributed by atoms with E-state index in [2.05, 4.69) is 129 Å². The number of nitrogens with zero attached hydrogens (tertiary/aromatic N) is 1. The summed E-state index contributed by atoms with van der Waals surface area (Å²) < 4.78 is 38.3. The third-order valence-corrected chi connectivity index (χ3v) is 10.9. The molecule has 52 heavy (non-hydrogen) atoms. The van der Waals surface area contributed by atoms with Crippen molar-refractivity contribution >= 4 is 49.4 Å². The smallest absolute Gasteiger partial charge is 0.0645 e. The zero-order valence-electron chi connectivity index (χ0n) is 33.0. The molecule has 1 aliphatic carbocycles. The first-order valence-electron chi connectivity index (χ1n) is 19.9. The third-order valence-electron chi connectivity index (χ3n) is 10.9. The van der Waals surface area contributed by atoms with Gasteiger partial charge < -0.3 is 4.90 Å². The Hall–Kier alpha value is -6.44. The topological polar surface area (TPSA) is 3.24 Å². The fraction of sp³-hybridized carbons (Fsp3) is 0.0588. The maximum Gasteiger partial charge on any atom is 0.0645 e. The van der Waals surface area contributed by atoms with Gasteiger partial charge in [-0.1, -0.05) is 159 Å². The van der Waals surface area contributed by atoms with Crippen LogP contribution < -0.4 is 4.90 Å². The molecule has 246 valence electrons. The molecular weight excluding hydrogens is 627 g/mol. The summed E-state index contributed by atoms with van der Waals surface area (Å²) in [6.45, 7) is 4.48. The summed E-state index contributed by atoms with van der Waals surface area (Å²) >= 11 is 0. The lowest BCUT2D eigenvalue weighted by Gasteiger charge is -2.28. The van der Waals surface area contributed by atoms with Crippen LogP contribution in [0.1, 0.15) is 30.5 Å². The van der Waals surface area contributed by atoms with E-state index < -0.39 is 0 Å². The van der Waals surface area contributed by atoms with Crippen LogP contribution in [0.15, 0.2) is 188 Å². The van der Waals surface area contributed by atoms with E-state index >= 15 is 0 Å². The Labute approximate surface area is 310 Å². The molecule has 0 spiro atoms. The van der Waals surface area contributed by atoms with Crippen molar-refractivity contribution < 1.29 is 5.48 Å². The molecule has 1 aliphatic rings. The fourth-order valence-corrected chi connectivity index (χ4v) is 8.26. The summed E-state index contributed by atoms with van der Waals surface area (Å²) in [7, 11) is 0. The molecule has 0 bridgehead atoms. The lowest BCUT2D eigenvalue weighted by molar-refractivity contribution is 0.660. The van der Waals surface area contributed by atoms with Crippen molar-refractivity contribution in [2.45, 2.75) is 19.3 Å². The summed E-state index contributed by atoms with van der Waals surface area (Å²) in [5.74, 6) is 0. The maximum atomic E-state index is 9.65. The number of hydrogen-bond donors (Lipinski definition) is 0.